The third-order valence-corrected chi connectivity index (χ3v) is 3.85. The number of rotatable bonds is 6. The fourth-order valence-electron chi connectivity index (χ4n) is 2.23. The zero-order valence-corrected chi connectivity index (χ0v) is 15.0. The maximum absolute atomic E-state index is 12.2. The van der Waals surface area contributed by atoms with Gasteiger partial charge in [0.25, 0.3) is 5.91 Å². The standard InChI is InChI=1S/C18H17ClN4O3/c1-11-8-14(19)5-6-15(11)25-12(2)18(24)21-10-16-22-17(23-26-16)13-4-3-7-20-9-13/h3-9,12H,10H2,1-2H3,(H,21,24)/t12-/m1/s1. The van der Waals surface area contributed by atoms with Gasteiger partial charge in [0.2, 0.25) is 11.7 Å². The first-order valence-electron chi connectivity index (χ1n) is 7.96. The zero-order valence-electron chi connectivity index (χ0n) is 14.3. The molecule has 2 heterocycles. The van der Waals surface area contributed by atoms with Crippen LogP contribution in [0.2, 0.25) is 5.02 Å². The summed E-state index contributed by atoms with van der Waals surface area (Å²) in [7, 11) is 0. The number of nitrogens with zero attached hydrogens (tertiary/aromatic N) is 3. The van der Waals surface area contributed by atoms with Gasteiger partial charge in [0.05, 0.1) is 6.54 Å². The number of halogens is 1. The van der Waals surface area contributed by atoms with Crippen molar-refractivity contribution in [2.45, 2.75) is 26.5 Å². The lowest BCUT2D eigenvalue weighted by molar-refractivity contribution is -0.127. The lowest BCUT2D eigenvalue weighted by Crippen LogP contribution is -2.36. The van der Waals surface area contributed by atoms with Gasteiger partial charge in [-0.2, -0.15) is 4.98 Å². The van der Waals surface area contributed by atoms with Crippen molar-refractivity contribution >= 4 is 17.5 Å². The number of aromatic nitrogens is 3. The topological polar surface area (TPSA) is 90.1 Å². The van der Waals surface area contributed by atoms with Gasteiger partial charge in [-0.1, -0.05) is 16.8 Å². The monoisotopic (exact) mass is 372 g/mol. The summed E-state index contributed by atoms with van der Waals surface area (Å²) in [5.74, 6) is 1.03. The second-order valence-electron chi connectivity index (χ2n) is 5.64. The number of nitrogens with one attached hydrogen (secondary N) is 1. The second kappa shape index (κ2) is 7.97. The predicted octanol–water partition coefficient (Wildman–Crippen LogP) is 3.18. The van der Waals surface area contributed by atoms with E-state index in [1.54, 1.807) is 43.6 Å². The van der Waals surface area contributed by atoms with Crippen LogP contribution in [0.4, 0.5) is 0 Å². The normalized spacial score (nSPS) is 11.8. The molecule has 0 aliphatic heterocycles. The van der Waals surface area contributed by atoms with Crippen molar-refractivity contribution in [3.05, 3.63) is 59.2 Å². The third-order valence-electron chi connectivity index (χ3n) is 3.61. The van der Waals surface area contributed by atoms with Crippen molar-refractivity contribution in [1.82, 2.24) is 20.4 Å². The van der Waals surface area contributed by atoms with E-state index in [2.05, 4.69) is 20.4 Å². The maximum atomic E-state index is 12.2. The zero-order chi connectivity index (χ0) is 18.5. The van der Waals surface area contributed by atoms with Crippen LogP contribution in [0.25, 0.3) is 11.4 Å². The van der Waals surface area contributed by atoms with Gasteiger partial charge in [-0.15, -0.1) is 0 Å². The number of carbonyl (C=O) groups excluding carboxylic acids is 1. The number of ether oxygens (including phenoxy) is 1. The molecule has 3 aromatic rings. The Morgan fingerprint density at radius 1 is 1.38 bits per heavy atom. The van der Waals surface area contributed by atoms with Gasteiger partial charge in [-0.25, -0.2) is 0 Å². The Bertz CT molecular complexity index is 898. The molecule has 1 N–H and O–H groups in total. The highest BCUT2D eigenvalue weighted by atomic mass is 35.5. The van der Waals surface area contributed by atoms with Crippen LogP contribution in [-0.4, -0.2) is 27.1 Å². The van der Waals surface area contributed by atoms with Crippen molar-refractivity contribution in [3.63, 3.8) is 0 Å². The quantitative estimate of drug-likeness (QED) is 0.714. The van der Waals surface area contributed by atoms with Crippen molar-refractivity contribution in [2.24, 2.45) is 0 Å². The molecule has 0 fully saturated rings. The van der Waals surface area contributed by atoms with Gasteiger partial charge in [0.1, 0.15) is 5.75 Å². The molecule has 0 saturated carbocycles. The Morgan fingerprint density at radius 2 is 2.23 bits per heavy atom. The lowest BCUT2D eigenvalue weighted by atomic mass is 10.2. The van der Waals surface area contributed by atoms with Crippen LogP contribution in [0.3, 0.4) is 0 Å². The van der Waals surface area contributed by atoms with E-state index < -0.39 is 6.10 Å². The van der Waals surface area contributed by atoms with E-state index in [1.807, 2.05) is 13.0 Å². The van der Waals surface area contributed by atoms with Gasteiger partial charge in [0.15, 0.2) is 6.10 Å². The second-order valence-corrected chi connectivity index (χ2v) is 6.08. The number of pyridine rings is 1. The molecule has 7 nitrogen and oxygen atoms in total. The summed E-state index contributed by atoms with van der Waals surface area (Å²) >= 11 is 5.92. The molecule has 0 bridgehead atoms. The van der Waals surface area contributed by atoms with Crippen molar-refractivity contribution < 1.29 is 14.1 Å². The summed E-state index contributed by atoms with van der Waals surface area (Å²) in [6, 6.07) is 8.84. The third kappa shape index (κ3) is 4.37. The smallest absolute Gasteiger partial charge is 0.261 e. The molecule has 0 unspecified atom stereocenters. The van der Waals surface area contributed by atoms with E-state index in [0.717, 1.165) is 11.1 Å². The Morgan fingerprint density at radius 3 is 2.96 bits per heavy atom. The van der Waals surface area contributed by atoms with Crippen LogP contribution in [0, 0.1) is 6.92 Å². The highest BCUT2D eigenvalue weighted by molar-refractivity contribution is 6.30. The van der Waals surface area contributed by atoms with E-state index in [1.165, 1.54) is 0 Å². The Balaban J connectivity index is 1.56. The minimum Gasteiger partial charge on any atom is -0.481 e. The molecule has 134 valence electrons. The van der Waals surface area contributed by atoms with E-state index in [0.29, 0.717) is 22.5 Å². The maximum Gasteiger partial charge on any atom is 0.261 e. The van der Waals surface area contributed by atoms with E-state index in [9.17, 15) is 4.79 Å². The summed E-state index contributed by atoms with van der Waals surface area (Å²) in [6.45, 7) is 3.64. The summed E-state index contributed by atoms with van der Waals surface area (Å²) in [6.07, 6.45) is 2.61. The number of aryl methyl sites for hydroxylation is 1. The molecular formula is C18H17ClN4O3. The van der Waals surface area contributed by atoms with Gasteiger partial charge in [-0.05, 0) is 49.7 Å². The number of amides is 1. The lowest BCUT2D eigenvalue weighted by Gasteiger charge is -2.15. The molecule has 26 heavy (non-hydrogen) atoms. The molecule has 0 aliphatic carbocycles. The van der Waals surface area contributed by atoms with Crippen molar-refractivity contribution in [3.8, 4) is 17.1 Å². The van der Waals surface area contributed by atoms with Crippen molar-refractivity contribution in [1.29, 1.82) is 0 Å². The first kappa shape index (κ1) is 17.9. The number of carbonyl (C=O) groups is 1. The molecule has 0 spiro atoms. The minimum absolute atomic E-state index is 0.111. The summed E-state index contributed by atoms with van der Waals surface area (Å²) in [4.78, 5) is 20.4. The van der Waals surface area contributed by atoms with Gasteiger partial charge >= 0.3 is 0 Å². The van der Waals surface area contributed by atoms with Crippen LogP contribution >= 0.6 is 11.6 Å². The highest BCUT2D eigenvalue weighted by Gasteiger charge is 2.17. The SMILES string of the molecule is Cc1cc(Cl)ccc1O[C@H](C)C(=O)NCc1nc(-c2cccnc2)no1. The van der Waals surface area contributed by atoms with E-state index in [-0.39, 0.29) is 12.5 Å². The molecule has 2 aromatic heterocycles. The van der Waals surface area contributed by atoms with E-state index >= 15 is 0 Å². The van der Waals surface area contributed by atoms with E-state index in [4.69, 9.17) is 20.9 Å². The predicted molar refractivity (Wildman–Crippen MR) is 95.7 cm³/mol. The molecular weight excluding hydrogens is 356 g/mol. The molecule has 1 amide bonds. The molecule has 0 saturated heterocycles. The number of hydrogen-bond donors (Lipinski definition) is 1. The summed E-state index contributed by atoms with van der Waals surface area (Å²) < 4.78 is 10.8. The minimum atomic E-state index is -0.685. The van der Waals surface area contributed by atoms with Crippen LogP contribution < -0.4 is 10.1 Å². The number of benzene rings is 1. The van der Waals surface area contributed by atoms with Crippen LogP contribution in [-0.2, 0) is 11.3 Å². The largest absolute Gasteiger partial charge is 0.481 e. The average Bonchev–Trinajstić information content (AvgIpc) is 3.11. The molecule has 1 atom stereocenters. The fourth-order valence-corrected chi connectivity index (χ4v) is 2.46. The average molecular weight is 373 g/mol. The summed E-state index contributed by atoms with van der Waals surface area (Å²) in [5, 5.41) is 7.21. The Kier molecular flexibility index (Phi) is 5.48. The van der Waals surface area contributed by atoms with Gasteiger partial charge < -0.3 is 14.6 Å². The van der Waals surface area contributed by atoms with Crippen molar-refractivity contribution in [2.75, 3.05) is 0 Å². The summed E-state index contributed by atoms with van der Waals surface area (Å²) in [5.41, 5.74) is 1.60. The van der Waals surface area contributed by atoms with Crippen LogP contribution in [0.5, 0.6) is 5.75 Å². The van der Waals surface area contributed by atoms with Gasteiger partial charge in [0, 0.05) is 23.0 Å². The molecule has 0 aliphatic rings. The number of hydrogen-bond acceptors (Lipinski definition) is 6. The highest BCUT2D eigenvalue weighted by Crippen LogP contribution is 2.22. The fraction of sp³-hybridized carbons (Fsp3) is 0.222. The molecule has 0 radical (unpaired) electrons. The molecule has 3 rings (SSSR count). The first-order chi connectivity index (χ1) is 12.5. The van der Waals surface area contributed by atoms with Crippen LogP contribution in [0.1, 0.15) is 18.4 Å². The molecule has 1 aromatic carbocycles. The first-order valence-corrected chi connectivity index (χ1v) is 8.34. The Hall–Kier alpha value is -2.93. The van der Waals surface area contributed by atoms with Crippen LogP contribution in [0.15, 0.2) is 47.2 Å². The molecule has 8 heteroatoms. The Labute approximate surface area is 155 Å². The van der Waals surface area contributed by atoms with Gasteiger partial charge in [-0.3, -0.25) is 9.78 Å².